The van der Waals surface area contributed by atoms with Crippen molar-refractivity contribution in [2.24, 2.45) is 5.92 Å². The van der Waals surface area contributed by atoms with Gasteiger partial charge in [-0.3, -0.25) is 9.67 Å². The highest BCUT2D eigenvalue weighted by Crippen LogP contribution is 2.24. The van der Waals surface area contributed by atoms with E-state index in [1.165, 1.54) is 11.8 Å². The summed E-state index contributed by atoms with van der Waals surface area (Å²) in [6, 6.07) is 6.14. The van der Waals surface area contributed by atoms with Crippen LogP contribution >= 0.6 is 0 Å². The lowest BCUT2D eigenvalue weighted by Gasteiger charge is -2.31. The second kappa shape index (κ2) is 7.66. The van der Waals surface area contributed by atoms with E-state index in [1.807, 2.05) is 29.2 Å². The number of aromatic nitrogens is 3. The predicted octanol–water partition coefficient (Wildman–Crippen LogP) is 2.57. The highest BCUT2D eigenvalue weighted by molar-refractivity contribution is 7.88. The van der Waals surface area contributed by atoms with Crippen LogP contribution < -0.4 is 0 Å². The number of aryl methyl sites for hydroxylation is 1. The molecule has 1 aliphatic heterocycles. The first kappa shape index (κ1) is 18.1. The number of hydrogen-bond acceptors (Lipinski definition) is 4. The number of hydrogen-bond donors (Lipinski definition) is 0. The Labute approximate surface area is 149 Å². The Morgan fingerprint density at radius 1 is 1.28 bits per heavy atom. The fraction of sp³-hybridized carbons (Fsp3) is 0.556. The van der Waals surface area contributed by atoms with E-state index in [0.29, 0.717) is 19.0 Å². The van der Waals surface area contributed by atoms with Gasteiger partial charge in [0, 0.05) is 32.0 Å². The Hall–Kier alpha value is -1.73. The molecule has 1 aliphatic rings. The molecule has 0 unspecified atom stereocenters. The first-order valence-corrected chi connectivity index (χ1v) is 10.7. The Balaban J connectivity index is 1.75. The first-order chi connectivity index (χ1) is 12.0. The first-order valence-electron chi connectivity index (χ1n) is 8.89. The van der Waals surface area contributed by atoms with Gasteiger partial charge < -0.3 is 0 Å². The van der Waals surface area contributed by atoms with Crippen molar-refractivity contribution >= 4 is 10.0 Å². The van der Waals surface area contributed by atoms with Crippen molar-refractivity contribution in [1.82, 2.24) is 19.1 Å². The lowest BCUT2D eigenvalue weighted by Crippen LogP contribution is -2.39. The van der Waals surface area contributed by atoms with Gasteiger partial charge in [-0.25, -0.2) is 12.7 Å². The third kappa shape index (κ3) is 4.46. The Bertz CT molecular complexity index is 816. The average molecular weight is 362 g/mol. The van der Waals surface area contributed by atoms with Crippen LogP contribution in [0.15, 0.2) is 30.6 Å². The van der Waals surface area contributed by atoms with Crippen LogP contribution in [0.4, 0.5) is 0 Å². The molecule has 0 N–H and O–H groups in total. The summed E-state index contributed by atoms with van der Waals surface area (Å²) >= 11 is 0. The van der Waals surface area contributed by atoms with Gasteiger partial charge in [-0.2, -0.15) is 5.10 Å². The van der Waals surface area contributed by atoms with Gasteiger partial charge in [0.2, 0.25) is 10.0 Å². The molecule has 0 spiro atoms. The summed E-state index contributed by atoms with van der Waals surface area (Å²) in [6.07, 6.45) is 8.85. The van der Waals surface area contributed by atoms with Gasteiger partial charge in [0.1, 0.15) is 0 Å². The van der Waals surface area contributed by atoms with E-state index in [4.69, 9.17) is 0 Å². The molecule has 25 heavy (non-hydrogen) atoms. The Morgan fingerprint density at radius 2 is 2.12 bits per heavy atom. The maximum atomic E-state index is 11.8. The maximum Gasteiger partial charge on any atom is 0.211 e. The minimum absolute atomic E-state index is 0.360. The van der Waals surface area contributed by atoms with E-state index in [0.717, 1.165) is 43.6 Å². The third-order valence-electron chi connectivity index (χ3n) is 4.71. The molecule has 7 heteroatoms. The zero-order valence-electron chi connectivity index (χ0n) is 14.9. The molecule has 1 saturated heterocycles. The van der Waals surface area contributed by atoms with Crippen molar-refractivity contribution < 1.29 is 8.42 Å². The molecule has 0 radical (unpaired) electrons. The molecule has 0 saturated carbocycles. The molecule has 0 aliphatic carbocycles. The van der Waals surface area contributed by atoms with Crippen molar-refractivity contribution in [1.29, 1.82) is 0 Å². The third-order valence-corrected chi connectivity index (χ3v) is 5.98. The smallest absolute Gasteiger partial charge is 0.211 e. The van der Waals surface area contributed by atoms with Crippen LogP contribution in [0.25, 0.3) is 11.4 Å². The molecule has 1 fully saturated rings. The monoisotopic (exact) mass is 362 g/mol. The SMILES string of the molecule is CCCn1nccc1-c1cc(C[C@H]2CCCN(S(C)(=O)=O)C2)ccn1. The van der Waals surface area contributed by atoms with Gasteiger partial charge in [-0.05, 0) is 55.4 Å². The van der Waals surface area contributed by atoms with E-state index >= 15 is 0 Å². The van der Waals surface area contributed by atoms with Crippen molar-refractivity contribution in [3.8, 4) is 11.4 Å². The molecular weight excluding hydrogens is 336 g/mol. The van der Waals surface area contributed by atoms with Crippen LogP contribution in [0.2, 0.25) is 0 Å². The summed E-state index contributed by atoms with van der Waals surface area (Å²) in [5, 5.41) is 4.37. The lowest BCUT2D eigenvalue weighted by atomic mass is 9.92. The van der Waals surface area contributed by atoms with E-state index in [1.54, 1.807) is 4.31 Å². The van der Waals surface area contributed by atoms with Crippen molar-refractivity contribution in [3.05, 3.63) is 36.2 Å². The number of nitrogens with zero attached hydrogens (tertiary/aromatic N) is 4. The van der Waals surface area contributed by atoms with Crippen LogP contribution in [0.3, 0.4) is 0 Å². The molecule has 3 heterocycles. The van der Waals surface area contributed by atoms with E-state index in [2.05, 4.69) is 23.1 Å². The fourth-order valence-corrected chi connectivity index (χ4v) is 4.45. The standard InChI is InChI=1S/C18H26N4O2S/c1-3-10-22-18(7-9-20-22)17-13-15(6-8-19-17)12-16-5-4-11-21(14-16)25(2,23)24/h6-9,13,16H,3-5,10-12,14H2,1-2H3/t16-/m1/s1. The summed E-state index contributed by atoms with van der Waals surface area (Å²) in [5.74, 6) is 0.360. The summed E-state index contributed by atoms with van der Waals surface area (Å²) < 4.78 is 27.2. The molecule has 136 valence electrons. The van der Waals surface area contributed by atoms with Crippen LogP contribution in [-0.4, -0.2) is 46.8 Å². The van der Waals surface area contributed by atoms with Crippen molar-refractivity contribution in [3.63, 3.8) is 0 Å². The highest BCUT2D eigenvalue weighted by Gasteiger charge is 2.26. The average Bonchev–Trinajstić information content (AvgIpc) is 3.03. The summed E-state index contributed by atoms with van der Waals surface area (Å²) in [4.78, 5) is 4.50. The van der Waals surface area contributed by atoms with Crippen LogP contribution in [0.1, 0.15) is 31.7 Å². The number of rotatable bonds is 6. The van der Waals surface area contributed by atoms with Crippen LogP contribution in [0, 0.1) is 5.92 Å². The molecule has 2 aromatic rings. The van der Waals surface area contributed by atoms with Crippen LogP contribution in [-0.2, 0) is 23.0 Å². The van der Waals surface area contributed by atoms with Gasteiger partial charge in [-0.1, -0.05) is 6.92 Å². The molecule has 2 aromatic heterocycles. The maximum absolute atomic E-state index is 11.8. The highest BCUT2D eigenvalue weighted by atomic mass is 32.2. The second-order valence-corrected chi connectivity index (χ2v) is 8.80. The van der Waals surface area contributed by atoms with E-state index in [9.17, 15) is 8.42 Å². The van der Waals surface area contributed by atoms with Gasteiger partial charge in [-0.15, -0.1) is 0 Å². The zero-order valence-corrected chi connectivity index (χ0v) is 15.7. The topological polar surface area (TPSA) is 68.1 Å². The second-order valence-electron chi connectivity index (χ2n) is 6.82. The molecular formula is C18H26N4O2S. The fourth-order valence-electron chi connectivity index (χ4n) is 3.51. The molecule has 3 rings (SSSR count). The van der Waals surface area contributed by atoms with Crippen molar-refractivity contribution in [2.75, 3.05) is 19.3 Å². The van der Waals surface area contributed by atoms with Crippen LogP contribution in [0.5, 0.6) is 0 Å². The summed E-state index contributed by atoms with van der Waals surface area (Å²) in [5.41, 5.74) is 3.17. The Kier molecular flexibility index (Phi) is 5.54. The molecule has 0 amide bonds. The minimum atomic E-state index is -3.10. The summed E-state index contributed by atoms with van der Waals surface area (Å²) in [7, 11) is -3.10. The molecule has 0 aromatic carbocycles. The van der Waals surface area contributed by atoms with E-state index < -0.39 is 10.0 Å². The van der Waals surface area contributed by atoms with Gasteiger partial charge in [0.15, 0.2) is 0 Å². The largest absolute Gasteiger partial charge is 0.263 e. The minimum Gasteiger partial charge on any atom is -0.263 e. The number of pyridine rings is 1. The molecule has 1 atom stereocenters. The number of sulfonamides is 1. The zero-order chi connectivity index (χ0) is 17.9. The quantitative estimate of drug-likeness (QED) is 0.792. The van der Waals surface area contributed by atoms with Gasteiger partial charge in [0.25, 0.3) is 0 Å². The number of piperidine rings is 1. The summed E-state index contributed by atoms with van der Waals surface area (Å²) in [6.45, 7) is 4.27. The normalized spacial score (nSPS) is 19.2. The lowest BCUT2D eigenvalue weighted by molar-refractivity contribution is 0.267. The molecule has 6 nitrogen and oxygen atoms in total. The predicted molar refractivity (Wildman–Crippen MR) is 98.6 cm³/mol. The Morgan fingerprint density at radius 3 is 2.88 bits per heavy atom. The van der Waals surface area contributed by atoms with Gasteiger partial charge in [0.05, 0.1) is 17.6 Å². The van der Waals surface area contributed by atoms with Gasteiger partial charge >= 0.3 is 0 Å². The van der Waals surface area contributed by atoms with Crippen molar-refractivity contribution in [2.45, 2.75) is 39.2 Å². The molecule has 0 bridgehead atoms. The van der Waals surface area contributed by atoms with E-state index in [-0.39, 0.29) is 0 Å².